The Balaban J connectivity index is 1.93. The highest BCUT2D eigenvalue weighted by Crippen LogP contribution is 2.42. The SMILES string of the molecule is CCOC(=O)c1c(CC(=O)O)[nH]c2ccc(Oc3ccc(C(F)(F)F)cn3)c(-c3ccc(OC(C)C)cc3)c12. The number of carboxylic acids is 1. The van der Waals surface area contributed by atoms with E-state index >= 15 is 0 Å². The smallest absolute Gasteiger partial charge is 0.417 e. The molecule has 11 heteroatoms. The number of H-pyrrole nitrogens is 1. The lowest BCUT2D eigenvalue weighted by atomic mass is 9.96. The van der Waals surface area contributed by atoms with Crippen molar-refractivity contribution in [2.24, 2.45) is 0 Å². The summed E-state index contributed by atoms with van der Waals surface area (Å²) >= 11 is 0. The van der Waals surface area contributed by atoms with Crippen molar-refractivity contribution in [3.63, 3.8) is 0 Å². The van der Waals surface area contributed by atoms with Crippen molar-refractivity contribution in [2.45, 2.75) is 39.5 Å². The summed E-state index contributed by atoms with van der Waals surface area (Å²) in [6.45, 7) is 5.45. The molecule has 4 rings (SSSR count). The van der Waals surface area contributed by atoms with Crippen LogP contribution in [0.1, 0.15) is 42.4 Å². The van der Waals surface area contributed by atoms with Crippen LogP contribution in [-0.4, -0.2) is 39.7 Å². The summed E-state index contributed by atoms with van der Waals surface area (Å²) in [7, 11) is 0. The van der Waals surface area contributed by atoms with Crippen molar-refractivity contribution < 1.29 is 42.1 Å². The Morgan fingerprint density at radius 2 is 1.77 bits per heavy atom. The molecule has 0 bridgehead atoms. The van der Waals surface area contributed by atoms with Crippen LogP contribution in [-0.2, 0) is 22.1 Å². The molecular weight excluding hydrogens is 517 g/mol. The summed E-state index contributed by atoms with van der Waals surface area (Å²) in [5.41, 5.74) is 0.643. The van der Waals surface area contributed by atoms with Crippen LogP contribution in [0.2, 0.25) is 0 Å². The molecule has 0 aliphatic heterocycles. The van der Waals surface area contributed by atoms with Gasteiger partial charge in [0, 0.05) is 34.4 Å². The largest absolute Gasteiger partial charge is 0.491 e. The highest BCUT2D eigenvalue weighted by molar-refractivity contribution is 6.13. The molecule has 0 fully saturated rings. The fourth-order valence-corrected chi connectivity index (χ4v) is 4.10. The van der Waals surface area contributed by atoms with Gasteiger partial charge in [-0.15, -0.1) is 0 Å². The number of nitrogens with zero attached hydrogens (tertiary/aromatic N) is 1. The van der Waals surface area contributed by atoms with Gasteiger partial charge in [0.1, 0.15) is 11.5 Å². The molecule has 0 atom stereocenters. The number of ether oxygens (including phenoxy) is 3. The standard InChI is InChI=1S/C28H25F3N2O6/c1-4-37-27(36)26-20(13-23(34)35)33-19-10-11-21(39-22-12-7-17(14-32-22)28(29,30)31)24(25(19)26)16-5-8-18(9-6-16)38-15(2)3/h5-12,14-15,33H,4,13H2,1-3H3,(H,34,35). The fourth-order valence-electron chi connectivity index (χ4n) is 4.10. The molecule has 0 saturated carbocycles. The van der Waals surface area contributed by atoms with Crippen LogP contribution in [0.25, 0.3) is 22.0 Å². The zero-order valence-electron chi connectivity index (χ0n) is 21.3. The van der Waals surface area contributed by atoms with E-state index in [4.69, 9.17) is 14.2 Å². The Morgan fingerprint density at radius 3 is 2.33 bits per heavy atom. The Hall–Kier alpha value is -4.54. The van der Waals surface area contributed by atoms with Crippen LogP contribution in [0, 0.1) is 0 Å². The molecule has 2 heterocycles. The van der Waals surface area contributed by atoms with Crippen LogP contribution in [0.4, 0.5) is 13.2 Å². The van der Waals surface area contributed by atoms with Crippen molar-refractivity contribution in [1.29, 1.82) is 0 Å². The Kier molecular flexibility index (Phi) is 7.80. The number of benzene rings is 2. The average molecular weight is 543 g/mol. The zero-order chi connectivity index (χ0) is 28.3. The first-order valence-corrected chi connectivity index (χ1v) is 12.0. The number of rotatable bonds is 9. The number of hydrogen-bond donors (Lipinski definition) is 2. The zero-order valence-corrected chi connectivity index (χ0v) is 21.3. The van der Waals surface area contributed by atoms with E-state index in [0.29, 0.717) is 34.0 Å². The van der Waals surface area contributed by atoms with Gasteiger partial charge in [-0.05, 0) is 56.7 Å². The molecule has 0 aliphatic carbocycles. The van der Waals surface area contributed by atoms with Gasteiger partial charge in [0.05, 0.1) is 30.3 Å². The van der Waals surface area contributed by atoms with Gasteiger partial charge in [-0.1, -0.05) is 12.1 Å². The lowest BCUT2D eigenvalue weighted by molar-refractivity contribution is -0.138. The number of nitrogens with one attached hydrogen (secondary N) is 1. The maximum atomic E-state index is 13.1. The normalized spacial score (nSPS) is 11.6. The molecule has 8 nitrogen and oxygen atoms in total. The molecule has 204 valence electrons. The molecule has 0 aliphatic rings. The number of carbonyl (C=O) groups is 2. The molecule has 2 N–H and O–H groups in total. The Morgan fingerprint density at radius 1 is 1.05 bits per heavy atom. The Bertz CT molecular complexity index is 1490. The number of aromatic amines is 1. The molecule has 2 aromatic heterocycles. The molecule has 4 aromatic rings. The third-order valence-electron chi connectivity index (χ3n) is 5.60. The van der Waals surface area contributed by atoms with E-state index in [0.717, 1.165) is 12.1 Å². The van der Waals surface area contributed by atoms with Crippen molar-refractivity contribution >= 4 is 22.8 Å². The molecule has 2 aromatic carbocycles. The van der Waals surface area contributed by atoms with E-state index in [-0.39, 0.29) is 35.6 Å². The topological polar surface area (TPSA) is 111 Å². The molecule has 0 radical (unpaired) electrons. The highest BCUT2D eigenvalue weighted by atomic mass is 19.4. The van der Waals surface area contributed by atoms with Gasteiger partial charge in [-0.2, -0.15) is 13.2 Å². The molecule has 39 heavy (non-hydrogen) atoms. The van der Waals surface area contributed by atoms with E-state index in [9.17, 15) is 27.9 Å². The summed E-state index contributed by atoms with van der Waals surface area (Å²) < 4.78 is 55.9. The molecule has 0 unspecified atom stereocenters. The monoisotopic (exact) mass is 542 g/mol. The fraction of sp³-hybridized carbons (Fsp3) is 0.250. The molecule has 0 saturated heterocycles. The van der Waals surface area contributed by atoms with Gasteiger partial charge < -0.3 is 24.3 Å². The summed E-state index contributed by atoms with van der Waals surface area (Å²) in [5.74, 6) is -1.22. The Labute approximate surface area is 221 Å². The van der Waals surface area contributed by atoms with E-state index < -0.39 is 30.1 Å². The average Bonchev–Trinajstić information content (AvgIpc) is 3.21. The highest BCUT2D eigenvalue weighted by Gasteiger charge is 2.31. The molecule has 0 spiro atoms. The number of alkyl halides is 3. The predicted octanol–water partition coefficient (Wildman–Crippen LogP) is 6.63. The first kappa shape index (κ1) is 27.5. The minimum atomic E-state index is -4.56. The van der Waals surface area contributed by atoms with E-state index in [1.54, 1.807) is 43.3 Å². The van der Waals surface area contributed by atoms with Gasteiger partial charge in [0.25, 0.3) is 0 Å². The number of fused-ring (bicyclic) bond motifs is 1. The number of halogens is 3. The van der Waals surface area contributed by atoms with Crippen LogP contribution in [0.15, 0.2) is 54.7 Å². The van der Waals surface area contributed by atoms with Gasteiger partial charge in [-0.25, -0.2) is 9.78 Å². The first-order valence-electron chi connectivity index (χ1n) is 12.0. The minimum absolute atomic E-state index is 0.0255. The predicted molar refractivity (Wildman–Crippen MR) is 136 cm³/mol. The summed E-state index contributed by atoms with van der Waals surface area (Å²) in [5, 5.41) is 9.79. The van der Waals surface area contributed by atoms with E-state index in [1.165, 1.54) is 0 Å². The number of pyridine rings is 1. The number of carboxylic acid groups (broad SMARTS) is 1. The quantitative estimate of drug-likeness (QED) is 0.228. The van der Waals surface area contributed by atoms with Crippen molar-refractivity contribution in [3.8, 4) is 28.5 Å². The minimum Gasteiger partial charge on any atom is -0.491 e. The van der Waals surface area contributed by atoms with Crippen LogP contribution in [0.3, 0.4) is 0 Å². The van der Waals surface area contributed by atoms with Crippen LogP contribution < -0.4 is 9.47 Å². The lowest BCUT2D eigenvalue weighted by Crippen LogP contribution is -2.10. The van der Waals surface area contributed by atoms with Crippen LogP contribution >= 0.6 is 0 Å². The number of esters is 1. The van der Waals surface area contributed by atoms with Gasteiger partial charge in [0.15, 0.2) is 0 Å². The van der Waals surface area contributed by atoms with Crippen LogP contribution in [0.5, 0.6) is 17.4 Å². The van der Waals surface area contributed by atoms with Gasteiger partial charge in [-0.3, -0.25) is 4.79 Å². The molecule has 0 amide bonds. The second-order valence-electron chi connectivity index (χ2n) is 8.81. The second-order valence-corrected chi connectivity index (χ2v) is 8.81. The van der Waals surface area contributed by atoms with Crippen molar-refractivity contribution in [2.75, 3.05) is 6.61 Å². The third kappa shape index (κ3) is 6.14. The summed E-state index contributed by atoms with van der Waals surface area (Å²) in [6.07, 6.45) is -4.44. The second kappa shape index (κ2) is 11.1. The van der Waals surface area contributed by atoms with E-state index in [1.807, 2.05) is 13.8 Å². The van der Waals surface area contributed by atoms with Gasteiger partial charge in [0.2, 0.25) is 5.88 Å². The summed E-state index contributed by atoms with van der Waals surface area (Å²) in [6, 6.07) is 12.0. The summed E-state index contributed by atoms with van der Waals surface area (Å²) in [4.78, 5) is 31.4. The maximum absolute atomic E-state index is 13.1. The first-order chi connectivity index (χ1) is 18.5. The maximum Gasteiger partial charge on any atom is 0.417 e. The third-order valence-corrected chi connectivity index (χ3v) is 5.60. The number of carbonyl (C=O) groups excluding carboxylic acids is 1. The number of hydrogen-bond acceptors (Lipinski definition) is 6. The number of aliphatic carboxylic acids is 1. The molecular formula is C28H25F3N2O6. The van der Waals surface area contributed by atoms with E-state index in [2.05, 4.69) is 9.97 Å². The van der Waals surface area contributed by atoms with Gasteiger partial charge >= 0.3 is 18.1 Å². The number of aromatic nitrogens is 2. The lowest BCUT2D eigenvalue weighted by Gasteiger charge is -2.15. The van der Waals surface area contributed by atoms with Crippen molar-refractivity contribution in [3.05, 3.63) is 71.5 Å². The van der Waals surface area contributed by atoms with Crippen molar-refractivity contribution in [1.82, 2.24) is 9.97 Å².